The smallest absolute Gasteiger partial charge is 0.318 e. The number of aromatic nitrogens is 3. The predicted octanol–water partition coefficient (Wildman–Crippen LogP) is 3.37. The zero-order valence-electron chi connectivity index (χ0n) is 21.4. The van der Waals surface area contributed by atoms with Gasteiger partial charge in [-0.3, -0.25) is 9.48 Å². The van der Waals surface area contributed by atoms with Crippen LogP contribution in [0.5, 0.6) is 0 Å². The predicted molar refractivity (Wildman–Crippen MR) is 141 cm³/mol. The first-order valence-electron chi connectivity index (χ1n) is 13.0. The standard InChI is InChI=1S/C28H33N7O2/c1-33(2)25(36)21-15-19(17-30-24(21)29)22-16-23-27(12-14-35(23)32-22)11-13-34(18-27)26(37)31-28(9-6-10-28)20-7-4-3-5-8-20/h3-5,7-8,15-17H,6,9-14,18H2,1-2H3,(H2,29,30)(H,31,37). The van der Waals surface area contributed by atoms with E-state index in [4.69, 9.17) is 10.8 Å². The van der Waals surface area contributed by atoms with Crippen LogP contribution in [0.4, 0.5) is 10.6 Å². The second-order valence-corrected chi connectivity index (χ2v) is 10.9. The van der Waals surface area contributed by atoms with E-state index in [-0.39, 0.29) is 28.7 Å². The summed E-state index contributed by atoms with van der Waals surface area (Å²) in [6.45, 7) is 2.21. The van der Waals surface area contributed by atoms with E-state index in [0.717, 1.165) is 62.1 Å². The van der Waals surface area contributed by atoms with Crippen molar-refractivity contribution in [3.05, 3.63) is 65.5 Å². The number of nitrogen functional groups attached to an aromatic ring is 1. The molecule has 2 aliphatic heterocycles. The van der Waals surface area contributed by atoms with Gasteiger partial charge in [0.05, 0.1) is 16.8 Å². The lowest BCUT2D eigenvalue weighted by Crippen LogP contribution is -2.54. The van der Waals surface area contributed by atoms with E-state index in [1.165, 1.54) is 10.5 Å². The molecule has 1 spiro atoms. The number of anilines is 1. The van der Waals surface area contributed by atoms with Gasteiger partial charge in [-0.1, -0.05) is 30.3 Å². The molecular weight excluding hydrogens is 466 g/mol. The normalized spacial score (nSPS) is 21.5. The molecule has 4 heterocycles. The Hall–Kier alpha value is -3.88. The third-order valence-electron chi connectivity index (χ3n) is 8.50. The maximum atomic E-state index is 13.4. The van der Waals surface area contributed by atoms with Crippen molar-refractivity contribution in [3.63, 3.8) is 0 Å². The van der Waals surface area contributed by atoms with Crippen LogP contribution in [0, 0.1) is 0 Å². The molecule has 9 heteroatoms. The average Bonchev–Trinajstić information content (AvgIpc) is 3.58. The lowest BCUT2D eigenvalue weighted by molar-refractivity contribution is 0.0828. The molecule has 1 aromatic carbocycles. The summed E-state index contributed by atoms with van der Waals surface area (Å²) in [6, 6.07) is 14.2. The highest BCUT2D eigenvalue weighted by molar-refractivity contribution is 5.99. The lowest BCUT2D eigenvalue weighted by Gasteiger charge is -2.44. The second-order valence-electron chi connectivity index (χ2n) is 10.9. The number of fused-ring (bicyclic) bond motifs is 2. The number of amides is 3. The summed E-state index contributed by atoms with van der Waals surface area (Å²) in [4.78, 5) is 33.7. The summed E-state index contributed by atoms with van der Waals surface area (Å²) < 4.78 is 2.05. The number of carbonyl (C=O) groups is 2. The molecule has 37 heavy (non-hydrogen) atoms. The Kier molecular flexibility index (Phi) is 5.47. The molecule has 192 valence electrons. The van der Waals surface area contributed by atoms with Crippen LogP contribution >= 0.6 is 0 Å². The molecular formula is C28H33N7O2. The van der Waals surface area contributed by atoms with Crippen molar-refractivity contribution >= 4 is 17.8 Å². The number of benzene rings is 1. The topological polar surface area (TPSA) is 109 Å². The highest BCUT2D eigenvalue weighted by Crippen LogP contribution is 2.45. The molecule has 3 amide bonds. The molecule has 6 rings (SSSR count). The monoisotopic (exact) mass is 499 g/mol. The maximum absolute atomic E-state index is 13.4. The van der Waals surface area contributed by atoms with E-state index in [1.54, 1.807) is 26.4 Å². The Morgan fingerprint density at radius 3 is 2.51 bits per heavy atom. The molecule has 1 aliphatic carbocycles. The minimum absolute atomic E-state index is 0.0215. The van der Waals surface area contributed by atoms with Gasteiger partial charge in [-0.15, -0.1) is 0 Å². The van der Waals surface area contributed by atoms with Crippen LogP contribution in [0.15, 0.2) is 48.7 Å². The number of nitrogens with one attached hydrogen (secondary N) is 1. The molecule has 9 nitrogen and oxygen atoms in total. The first kappa shape index (κ1) is 23.5. The van der Waals surface area contributed by atoms with Crippen LogP contribution in [-0.4, -0.2) is 63.7 Å². The largest absolute Gasteiger partial charge is 0.383 e. The Balaban J connectivity index is 1.22. The number of nitrogens with two attached hydrogens (primary N) is 1. The van der Waals surface area contributed by atoms with Gasteiger partial charge in [0.25, 0.3) is 5.91 Å². The van der Waals surface area contributed by atoms with Crippen molar-refractivity contribution in [2.24, 2.45) is 0 Å². The Labute approximate surface area is 216 Å². The summed E-state index contributed by atoms with van der Waals surface area (Å²) in [5, 5.41) is 8.23. The van der Waals surface area contributed by atoms with Crippen molar-refractivity contribution in [2.75, 3.05) is 32.9 Å². The highest BCUT2D eigenvalue weighted by atomic mass is 16.2. The second kappa shape index (κ2) is 8.61. The third kappa shape index (κ3) is 3.84. The SMILES string of the molecule is CN(C)C(=O)c1cc(-c2cc3n(n2)CCC32CCN(C(=O)NC3(c4ccccc4)CCC3)C2)cnc1N. The quantitative estimate of drug-likeness (QED) is 0.572. The number of pyridine rings is 1. The van der Waals surface area contributed by atoms with Gasteiger partial charge in [-0.2, -0.15) is 5.10 Å². The number of likely N-dealkylation sites (tertiary alicyclic amines) is 1. The van der Waals surface area contributed by atoms with Crippen molar-refractivity contribution < 1.29 is 9.59 Å². The van der Waals surface area contributed by atoms with E-state index in [0.29, 0.717) is 12.1 Å². The number of rotatable bonds is 4. The summed E-state index contributed by atoms with van der Waals surface area (Å²) in [6.07, 6.45) is 6.63. The number of hydrogen-bond acceptors (Lipinski definition) is 5. The van der Waals surface area contributed by atoms with E-state index in [1.807, 2.05) is 23.1 Å². The molecule has 0 bridgehead atoms. The molecule has 2 fully saturated rings. The van der Waals surface area contributed by atoms with Crippen molar-refractivity contribution in [1.82, 2.24) is 29.9 Å². The zero-order valence-corrected chi connectivity index (χ0v) is 21.4. The number of aryl methyl sites for hydroxylation is 1. The fourth-order valence-electron chi connectivity index (χ4n) is 6.15. The first-order chi connectivity index (χ1) is 17.8. The fourth-order valence-corrected chi connectivity index (χ4v) is 6.15. The molecule has 3 aromatic rings. The van der Waals surface area contributed by atoms with Gasteiger partial charge in [-0.25, -0.2) is 9.78 Å². The van der Waals surface area contributed by atoms with Gasteiger partial charge in [0, 0.05) is 56.6 Å². The molecule has 1 unspecified atom stereocenters. The summed E-state index contributed by atoms with van der Waals surface area (Å²) in [5.41, 5.74) is 9.88. The molecule has 0 radical (unpaired) electrons. The van der Waals surface area contributed by atoms with Crippen molar-refractivity contribution in [2.45, 2.75) is 49.6 Å². The molecule has 2 aromatic heterocycles. The highest BCUT2D eigenvalue weighted by Gasteiger charge is 2.48. The average molecular weight is 500 g/mol. The van der Waals surface area contributed by atoms with E-state index in [9.17, 15) is 9.59 Å². The third-order valence-corrected chi connectivity index (χ3v) is 8.50. The van der Waals surface area contributed by atoms with E-state index < -0.39 is 0 Å². The molecule has 1 saturated heterocycles. The van der Waals surface area contributed by atoms with Crippen LogP contribution < -0.4 is 11.1 Å². The minimum Gasteiger partial charge on any atom is -0.383 e. The van der Waals surface area contributed by atoms with Crippen LogP contribution in [0.1, 0.15) is 53.7 Å². The van der Waals surface area contributed by atoms with Crippen molar-refractivity contribution in [3.8, 4) is 11.3 Å². The van der Waals surface area contributed by atoms with Crippen LogP contribution in [0.3, 0.4) is 0 Å². The Morgan fingerprint density at radius 2 is 1.81 bits per heavy atom. The number of urea groups is 1. The minimum atomic E-state index is -0.247. The number of hydrogen-bond donors (Lipinski definition) is 2. The molecule has 3 N–H and O–H groups in total. The van der Waals surface area contributed by atoms with Crippen LogP contribution in [0.25, 0.3) is 11.3 Å². The molecule has 1 atom stereocenters. The van der Waals surface area contributed by atoms with Gasteiger partial charge in [-0.05, 0) is 49.8 Å². The van der Waals surface area contributed by atoms with E-state index in [2.05, 4.69) is 33.2 Å². The van der Waals surface area contributed by atoms with Crippen molar-refractivity contribution in [1.29, 1.82) is 0 Å². The summed E-state index contributed by atoms with van der Waals surface area (Å²) in [7, 11) is 3.38. The summed E-state index contributed by atoms with van der Waals surface area (Å²) >= 11 is 0. The molecule has 1 saturated carbocycles. The Bertz CT molecular complexity index is 1360. The summed E-state index contributed by atoms with van der Waals surface area (Å²) in [5.74, 6) is 0.0232. The number of carbonyl (C=O) groups excluding carboxylic acids is 2. The van der Waals surface area contributed by atoms with Gasteiger partial charge in [0.1, 0.15) is 5.82 Å². The maximum Gasteiger partial charge on any atom is 0.318 e. The van der Waals surface area contributed by atoms with Crippen LogP contribution in [-0.2, 0) is 17.5 Å². The fraction of sp³-hybridized carbons (Fsp3) is 0.429. The van der Waals surface area contributed by atoms with Gasteiger partial charge >= 0.3 is 6.03 Å². The first-order valence-corrected chi connectivity index (χ1v) is 13.0. The molecule has 3 aliphatic rings. The Morgan fingerprint density at radius 1 is 1.05 bits per heavy atom. The van der Waals surface area contributed by atoms with Gasteiger partial charge in [0.15, 0.2) is 0 Å². The van der Waals surface area contributed by atoms with Gasteiger partial charge < -0.3 is 20.9 Å². The zero-order chi connectivity index (χ0) is 25.8. The number of nitrogens with zero attached hydrogens (tertiary/aromatic N) is 5. The van der Waals surface area contributed by atoms with E-state index >= 15 is 0 Å². The lowest BCUT2D eigenvalue weighted by atomic mass is 9.72. The van der Waals surface area contributed by atoms with Crippen LogP contribution in [0.2, 0.25) is 0 Å². The van der Waals surface area contributed by atoms with Gasteiger partial charge in [0.2, 0.25) is 0 Å².